The summed E-state index contributed by atoms with van der Waals surface area (Å²) in [6, 6.07) is 7.77. The fraction of sp³-hybridized carbons (Fsp3) is 0.538. The SMILES string of the molecule is CN1CCCC(Nc2ccccc2NS(C)(=O)=O)C1. The van der Waals surface area contributed by atoms with Crippen molar-refractivity contribution in [2.24, 2.45) is 0 Å². The van der Waals surface area contributed by atoms with Gasteiger partial charge in [0.05, 0.1) is 17.6 Å². The number of hydrogen-bond acceptors (Lipinski definition) is 4. The number of hydrogen-bond donors (Lipinski definition) is 2. The maximum absolute atomic E-state index is 11.4. The molecule has 1 saturated heterocycles. The van der Waals surface area contributed by atoms with E-state index in [1.807, 2.05) is 18.2 Å². The fourth-order valence-electron chi connectivity index (χ4n) is 2.40. The summed E-state index contributed by atoms with van der Waals surface area (Å²) in [6.45, 7) is 2.11. The Labute approximate surface area is 115 Å². The lowest BCUT2D eigenvalue weighted by atomic mass is 10.1. The topological polar surface area (TPSA) is 61.4 Å². The van der Waals surface area contributed by atoms with Crippen LogP contribution in [0.3, 0.4) is 0 Å². The molecule has 106 valence electrons. The van der Waals surface area contributed by atoms with Crippen molar-refractivity contribution in [1.29, 1.82) is 0 Å². The Balaban J connectivity index is 2.11. The summed E-state index contributed by atoms with van der Waals surface area (Å²) in [5, 5.41) is 3.43. The van der Waals surface area contributed by atoms with Gasteiger partial charge in [0.25, 0.3) is 0 Å². The molecule has 0 aliphatic carbocycles. The average molecular weight is 283 g/mol. The van der Waals surface area contributed by atoms with E-state index in [0.717, 1.165) is 37.9 Å². The van der Waals surface area contributed by atoms with Crippen molar-refractivity contribution in [2.45, 2.75) is 18.9 Å². The normalized spacial score (nSPS) is 21.1. The van der Waals surface area contributed by atoms with Gasteiger partial charge in [-0.1, -0.05) is 12.1 Å². The summed E-state index contributed by atoms with van der Waals surface area (Å²) in [4.78, 5) is 2.29. The number of para-hydroxylation sites is 2. The quantitative estimate of drug-likeness (QED) is 0.880. The van der Waals surface area contributed by atoms with Crippen molar-refractivity contribution < 1.29 is 8.42 Å². The third-order valence-corrected chi connectivity index (χ3v) is 3.80. The van der Waals surface area contributed by atoms with Crippen LogP contribution >= 0.6 is 0 Å². The van der Waals surface area contributed by atoms with Gasteiger partial charge in [0.2, 0.25) is 10.0 Å². The zero-order chi connectivity index (χ0) is 13.9. The average Bonchev–Trinajstić information content (AvgIpc) is 2.30. The Morgan fingerprint density at radius 2 is 1.95 bits per heavy atom. The lowest BCUT2D eigenvalue weighted by Crippen LogP contribution is -2.39. The van der Waals surface area contributed by atoms with Gasteiger partial charge in [-0.3, -0.25) is 4.72 Å². The highest BCUT2D eigenvalue weighted by Gasteiger charge is 2.18. The van der Waals surface area contributed by atoms with E-state index in [1.165, 1.54) is 0 Å². The molecule has 19 heavy (non-hydrogen) atoms. The molecule has 0 saturated carbocycles. The van der Waals surface area contributed by atoms with Crippen LogP contribution in [0.1, 0.15) is 12.8 Å². The van der Waals surface area contributed by atoms with E-state index < -0.39 is 10.0 Å². The second-order valence-corrected chi connectivity index (χ2v) is 6.91. The monoisotopic (exact) mass is 283 g/mol. The van der Waals surface area contributed by atoms with Gasteiger partial charge >= 0.3 is 0 Å². The smallest absolute Gasteiger partial charge is 0.229 e. The molecule has 1 atom stereocenters. The first-order valence-corrected chi connectivity index (χ1v) is 8.35. The van der Waals surface area contributed by atoms with Gasteiger partial charge in [-0.15, -0.1) is 0 Å². The predicted molar refractivity (Wildman–Crippen MR) is 79.1 cm³/mol. The molecule has 1 aromatic carbocycles. The molecule has 2 rings (SSSR count). The summed E-state index contributed by atoms with van der Waals surface area (Å²) < 4.78 is 25.2. The van der Waals surface area contributed by atoms with E-state index in [0.29, 0.717) is 11.7 Å². The number of rotatable bonds is 4. The number of piperidine rings is 1. The van der Waals surface area contributed by atoms with Crippen LogP contribution < -0.4 is 10.0 Å². The minimum absolute atomic E-state index is 0.362. The van der Waals surface area contributed by atoms with Gasteiger partial charge in [0, 0.05) is 12.6 Å². The Bertz CT molecular complexity index is 530. The second kappa shape index (κ2) is 5.79. The molecular weight excluding hydrogens is 262 g/mol. The van der Waals surface area contributed by atoms with Crippen LogP contribution in [0.2, 0.25) is 0 Å². The molecule has 0 aromatic heterocycles. The van der Waals surface area contributed by atoms with Crippen molar-refractivity contribution in [1.82, 2.24) is 4.90 Å². The highest BCUT2D eigenvalue weighted by atomic mass is 32.2. The molecule has 2 N–H and O–H groups in total. The number of anilines is 2. The molecular formula is C13H21N3O2S. The van der Waals surface area contributed by atoms with Crippen molar-refractivity contribution >= 4 is 21.4 Å². The molecule has 5 nitrogen and oxygen atoms in total. The highest BCUT2D eigenvalue weighted by molar-refractivity contribution is 7.92. The second-order valence-electron chi connectivity index (χ2n) is 5.17. The Morgan fingerprint density at radius 3 is 2.58 bits per heavy atom. The molecule has 1 fully saturated rings. The number of benzene rings is 1. The highest BCUT2D eigenvalue weighted by Crippen LogP contribution is 2.24. The molecule has 0 amide bonds. The van der Waals surface area contributed by atoms with E-state index in [2.05, 4.69) is 22.0 Å². The van der Waals surface area contributed by atoms with Crippen LogP contribution in [-0.4, -0.2) is 45.8 Å². The van der Waals surface area contributed by atoms with Crippen molar-refractivity contribution in [3.8, 4) is 0 Å². The third kappa shape index (κ3) is 4.40. The lowest BCUT2D eigenvalue weighted by Gasteiger charge is -2.31. The van der Waals surface area contributed by atoms with Crippen LogP contribution in [0.5, 0.6) is 0 Å². The van der Waals surface area contributed by atoms with Crippen LogP contribution in [0.15, 0.2) is 24.3 Å². The number of nitrogens with zero attached hydrogens (tertiary/aromatic N) is 1. The summed E-state index contributed by atoms with van der Waals surface area (Å²) in [5.41, 5.74) is 1.45. The number of nitrogens with one attached hydrogen (secondary N) is 2. The standard InChI is InChI=1S/C13H21N3O2S/c1-16-9-5-6-11(10-16)14-12-7-3-4-8-13(12)15-19(2,17)18/h3-4,7-8,11,14-15H,5-6,9-10H2,1-2H3. The van der Waals surface area contributed by atoms with E-state index in [4.69, 9.17) is 0 Å². The van der Waals surface area contributed by atoms with Gasteiger partial charge in [-0.25, -0.2) is 8.42 Å². The fourth-order valence-corrected chi connectivity index (χ4v) is 2.98. The van der Waals surface area contributed by atoms with Crippen molar-refractivity contribution in [3.63, 3.8) is 0 Å². The number of likely N-dealkylation sites (N-methyl/N-ethyl adjacent to an activating group) is 1. The van der Waals surface area contributed by atoms with Gasteiger partial charge in [0.15, 0.2) is 0 Å². The summed E-state index contributed by atoms with van der Waals surface area (Å²) in [7, 11) is -1.15. The molecule has 0 spiro atoms. The van der Waals surface area contributed by atoms with Crippen LogP contribution in [-0.2, 0) is 10.0 Å². The van der Waals surface area contributed by atoms with E-state index >= 15 is 0 Å². The van der Waals surface area contributed by atoms with Gasteiger partial charge < -0.3 is 10.2 Å². The summed E-state index contributed by atoms with van der Waals surface area (Å²) >= 11 is 0. The zero-order valence-electron chi connectivity index (χ0n) is 11.4. The molecule has 1 aromatic rings. The molecule has 1 aliphatic heterocycles. The van der Waals surface area contributed by atoms with Crippen LogP contribution in [0.4, 0.5) is 11.4 Å². The first-order valence-electron chi connectivity index (χ1n) is 6.46. The Morgan fingerprint density at radius 1 is 1.26 bits per heavy atom. The van der Waals surface area contributed by atoms with E-state index in [1.54, 1.807) is 6.07 Å². The molecule has 1 unspecified atom stereocenters. The number of likely N-dealkylation sites (tertiary alicyclic amines) is 1. The third-order valence-electron chi connectivity index (χ3n) is 3.21. The first-order chi connectivity index (χ1) is 8.94. The summed E-state index contributed by atoms with van der Waals surface area (Å²) in [6.07, 6.45) is 3.44. The van der Waals surface area contributed by atoms with Crippen LogP contribution in [0.25, 0.3) is 0 Å². The Hall–Kier alpha value is -1.27. The minimum atomic E-state index is -3.25. The van der Waals surface area contributed by atoms with Gasteiger partial charge in [0.1, 0.15) is 0 Å². The predicted octanol–water partition coefficient (Wildman–Crippen LogP) is 1.56. The van der Waals surface area contributed by atoms with Crippen molar-refractivity contribution in [2.75, 3.05) is 36.4 Å². The molecule has 1 heterocycles. The zero-order valence-corrected chi connectivity index (χ0v) is 12.2. The molecule has 1 aliphatic rings. The first kappa shape index (κ1) is 14.1. The minimum Gasteiger partial charge on any atom is -0.379 e. The lowest BCUT2D eigenvalue weighted by molar-refractivity contribution is 0.261. The maximum Gasteiger partial charge on any atom is 0.229 e. The van der Waals surface area contributed by atoms with E-state index in [9.17, 15) is 8.42 Å². The summed E-state index contributed by atoms with van der Waals surface area (Å²) in [5.74, 6) is 0. The number of sulfonamides is 1. The van der Waals surface area contributed by atoms with E-state index in [-0.39, 0.29) is 0 Å². The Kier molecular flexibility index (Phi) is 4.31. The van der Waals surface area contributed by atoms with Gasteiger partial charge in [-0.05, 0) is 38.6 Å². The largest absolute Gasteiger partial charge is 0.379 e. The van der Waals surface area contributed by atoms with Crippen LogP contribution in [0, 0.1) is 0 Å². The maximum atomic E-state index is 11.4. The van der Waals surface area contributed by atoms with Crippen molar-refractivity contribution in [3.05, 3.63) is 24.3 Å². The molecule has 0 bridgehead atoms. The molecule has 6 heteroatoms. The van der Waals surface area contributed by atoms with Gasteiger partial charge in [-0.2, -0.15) is 0 Å². The molecule has 0 radical (unpaired) electrons.